The summed E-state index contributed by atoms with van der Waals surface area (Å²) < 4.78 is 11.1. The maximum atomic E-state index is 5.61. The molecule has 1 fully saturated rings. The lowest BCUT2D eigenvalue weighted by Gasteiger charge is -2.17. The summed E-state index contributed by atoms with van der Waals surface area (Å²) in [5.41, 5.74) is 0. The number of rotatable bonds is 8. The van der Waals surface area contributed by atoms with E-state index in [0.717, 1.165) is 32.8 Å². The van der Waals surface area contributed by atoms with Gasteiger partial charge in [-0.1, -0.05) is 13.8 Å². The topological polar surface area (TPSA) is 30.5 Å². The lowest BCUT2D eigenvalue weighted by Crippen LogP contribution is -2.32. The zero-order chi connectivity index (χ0) is 11.8. The molecule has 16 heavy (non-hydrogen) atoms. The van der Waals surface area contributed by atoms with Gasteiger partial charge in [-0.25, -0.2) is 0 Å². The minimum Gasteiger partial charge on any atom is -0.380 e. The Kier molecular flexibility index (Phi) is 7.01. The van der Waals surface area contributed by atoms with E-state index < -0.39 is 0 Å². The standard InChI is InChI=1S/C13H27NO2/c1-11(2)10-15-8-6-14-12(3)9-13-5-4-7-16-13/h11-14H,4-10H2,1-3H3. The van der Waals surface area contributed by atoms with Gasteiger partial charge < -0.3 is 14.8 Å². The predicted molar refractivity (Wildman–Crippen MR) is 66.7 cm³/mol. The first-order valence-electron chi connectivity index (χ1n) is 6.61. The van der Waals surface area contributed by atoms with Crippen LogP contribution in [0.2, 0.25) is 0 Å². The van der Waals surface area contributed by atoms with Crippen LogP contribution in [0.3, 0.4) is 0 Å². The van der Waals surface area contributed by atoms with E-state index in [1.807, 2.05) is 0 Å². The first-order chi connectivity index (χ1) is 7.68. The van der Waals surface area contributed by atoms with Crippen molar-refractivity contribution in [2.45, 2.75) is 52.2 Å². The minimum atomic E-state index is 0.485. The summed E-state index contributed by atoms with van der Waals surface area (Å²) >= 11 is 0. The molecule has 1 N–H and O–H groups in total. The molecular weight excluding hydrogens is 202 g/mol. The van der Waals surface area contributed by atoms with Crippen molar-refractivity contribution < 1.29 is 9.47 Å². The Morgan fingerprint density at radius 3 is 2.81 bits per heavy atom. The Balaban J connectivity index is 1.91. The van der Waals surface area contributed by atoms with Crippen LogP contribution in [-0.4, -0.2) is 38.5 Å². The van der Waals surface area contributed by atoms with Gasteiger partial charge in [-0.2, -0.15) is 0 Å². The van der Waals surface area contributed by atoms with Crippen LogP contribution in [0.5, 0.6) is 0 Å². The van der Waals surface area contributed by atoms with Crippen molar-refractivity contribution in [2.24, 2.45) is 5.92 Å². The molecule has 1 rings (SSSR count). The normalized spacial score (nSPS) is 22.9. The van der Waals surface area contributed by atoms with Crippen molar-refractivity contribution in [1.29, 1.82) is 0 Å². The van der Waals surface area contributed by atoms with Gasteiger partial charge in [-0.05, 0) is 32.1 Å². The van der Waals surface area contributed by atoms with E-state index in [4.69, 9.17) is 9.47 Å². The van der Waals surface area contributed by atoms with E-state index in [2.05, 4.69) is 26.1 Å². The van der Waals surface area contributed by atoms with E-state index >= 15 is 0 Å². The van der Waals surface area contributed by atoms with Gasteiger partial charge in [0.05, 0.1) is 12.7 Å². The maximum Gasteiger partial charge on any atom is 0.0591 e. The molecule has 3 heteroatoms. The molecule has 0 amide bonds. The molecule has 2 atom stereocenters. The molecule has 0 aromatic carbocycles. The zero-order valence-corrected chi connectivity index (χ0v) is 11.0. The molecule has 1 aliphatic heterocycles. The average Bonchev–Trinajstić information content (AvgIpc) is 2.69. The van der Waals surface area contributed by atoms with Gasteiger partial charge in [0, 0.05) is 25.8 Å². The van der Waals surface area contributed by atoms with Crippen LogP contribution < -0.4 is 5.32 Å². The number of hydrogen-bond acceptors (Lipinski definition) is 3. The van der Waals surface area contributed by atoms with E-state index in [9.17, 15) is 0 Å². The summed E-state index contributed by atoms with van der Waals surface area (Å²) in [6.07, 6.45) is 4.08. The molecule has 3 nitrogen and oxygen atoms in total. The highest BCUT2D eigenvalue weighted by Gasteiger charge is 2.17. The van der Waals surface area contributed by atoms with E-state index in [-0.39, 0.29) is 0 Å². The second kappa shape index (κ2) is 8.04. The molecule has 0 aliphatic carbocycles. The fraction of sp³-hybridized carbons (Fsp3) is 1.00. The molecule has 0 aromatic rings. The van der Waals surface area contributed by atoms with Crippen molar-refractivity contribution in [3.8, 4) is 0 Å². The molecule has 1 aliphatic rings. The molecule has 0 saturated carbocycles. The first-order valence-corrected chi connectivity index (χ1v) is 6.61. The van der Waals surface area contributed by atoms with Gasteiger partial charge in [0.1, 0.15) is 0 Å². The molecule has 1 heterocycles. The average molecular weight is 229 g/mol. The third-order valence-electron chi connectivity index (χ3n) is 2.83. The minimum absolute atomic E-state index is 0.485. The smallest absolute Gasteiger partial charge is 0.0591 e. The Hall–Kier alpha value is -0.120. The lowest BCUT2D eigenvalue weighted by atomic mass is 10.1. The molecule has 0 spiro atoms. The first kappa shape index (κ1) is 13.9. The fourth-order valence-electron chi connectivity index (χ4n) is 2.00. The summed E-state index contributed by atoms with van der Waals surface area (Å²) in [5, 5.41) is 3.48. The summed E-state index contributed by atoms with van der Waals surface area (Å²) in [5.74, 6) is 0.629. The van der Waals surface area contributed by atoms with Crippen LogP contribution in [0.15, 0.2) is 0 Å². The Bertz CT molecular complexity index is 167. The highest BCUT2D eigenvalue weighted by molar-refractivity contribution is 4.71. The number of ether oxygens (including phenoxy) is 2. The predicted octanol–water partition coefficient (Wildman–Crippen LogP) is 2.21. The molecule has 0 aromatic heterocycles. The highest BCUT2D eigenvalue weighted by Crippen LogP contribution is 2.16. The third-order valence-corrected chi connectivity index (χ3v) is 2.83. The largest absolute Gasteiger partial charge is 0.380 e. The Labute approximate surface area is 99.9 Å². The highest BCUT2D eigenvalue weighted by atomic mass is 16.5. The number of nitrogens with one attached hydrogen (secondary N) is 1. The van der Waals surface area contributed by atoms with Crippen LogP contribution in [0.25, 0.3) is 0 Å². The SMILES string of the molecule is CC(C)COCCNC(C)CC1CCCO1. The Morgan fingerprint density at radius 1 is 1.38 bits per heavy atom. The quantitative estimate of drug-likeness (QED) is 0.647. The second-order valence-corrected chi connectivity index (χ2v) is 5.19. The summed E-state index contributed by atoms with van der Waals surface area (Å²) in [6.45, 7) is 10.1. The number of hydrogen-bond donors (Lipinski definition) is 1. The maximum absolute atomic E-state index is 5.61. The van der Waals surface area contributed by atoms with Gasteiger partial charge >= 0.3 is 0 Å². The van der Waals surface area contributed by atoms with Crippen LogP contribution in [0.4, 0.5) is 0 Å². The summed E-state index contributed by atoms with van der Waals surface area (Å²) in [7, 11) is 0. The van der Waals surface area contributed by atoms with Crippen molar-refractivity contribution in [1.82, 2.24) is 5.32 Å². The van der Waals surface area contributed by atoms with Crippen molar-refractivity contribution >= 4 is 0 Å². The van der Waals surface area contributed by atoms with Crippen molar-refractivity contribution in [3.63, 3.8) is 0 Å². The molecule has 0 radical (unpaired) electrons. The molecule has 2 unspecified atom stereocenters. The van der Waals surface area contributed by atoms with E-state index in [0.29, 0.717) is 18.1 Å². The Morgan fingerprint density at radius 2 is 2.19 bits per heavy atom. The monoisotopic (exact) mass is 229 g/mol. The van der Waals surface area contributed by atoms with Crippen LogP contribution in [0, 0.1) is 5.92 Å². The second-order valence-electron chi connectivity index (χ2n) is 5.19. The zero-order valence-electron chi connectivity index (χ0n) is 11.0. The summed E-state index contributed by atoms with van der Waals surface area (Å²) in [6, 6.07) is 0.533. The van der Waals surface area contributed by atoms with E-state index in [1.54, 1.807) is 0 Å². The van der Waals surface area contributed by atoms with Crippen molar-refractivity contribution in [2.75, 3.05) is 26.4 Å². The molecule has 0 bridgehead atoms. The van der Waals surface area contributed by atoms with Gasteiger partial charge in [-0.3, -0.25) is 0 Å². The van der Waals surface area contributed by atoms with Gasteiger partial charge in [0.2, 0.25) is 0 Å². The van der Waals surface area contributed by atoms with Crippen molar-refractivity contribution in [3.05, 3.63) is 0 Å². The molecule has 96 valence electrons. The van der Waals surface area contributed by atoms with E-state index in [1.165, 1.54) is 12.8 Å². The van der Waals surface area contributed by atoms with Crippen LogP contribution in [0.1, 0.15) is 40.0 Å². The van der Waals surface area contributed by atoms with Gasteiger partial charge in [0.15, 0.2) is 0 Å². The lowest BCUT2D eigenvalue weighted by molar-refractivity contribution is 0.0899. The molecular formula is C13H27NO2. The summed E-state index contributed by atoms with van der Waals surface area (Å²) in [4.78, 5) is 0. The third kappa shape index (κ3) is 6.46. The fourth-order valence-corrected chi connectivity index (χ4v) is 2.00. The van der Waals surface area contributed by atoms with Gasteiger partial charge in [0.25, 0.3) is 0 Å². The van der Waals surface area contributed by atoms with Crippen LogP contribution in [-0.2, 0) is 9.47 Å². The van der Waals surface area contributed by atoms with Crippen LogP contribution >= 0.6 is 0 Å². The molecule has 1 saturated heterocycles. The van der Waals surface area contributed by atoms with Gasteiger partial charge in [-0.15, -0.1) is 0 Å².